The van der Waals surface area contributed by atoms with E-state index in [4.69, 9.17) is 5.84 Å². The highest BCUT2D eigenvalue weighted by Crippen LogP contribution is 2.22. The minimum atomic E-state index is 0.00936. The Morgan fingerprint density at radius 1 is 1.11 bits per heavy atom. The average Bonchev–Trinajstić information content (AvgIpc) is 2.40. The first kappa shape index (κ1) is 13.7. The molecule has 1 heterocycles. The Morgan fingerprint density at radius 2 is 1.84 bits per heavy atom. The molecule has 0 saturated carbocycles. The van der Waals surface area contributed by atoms with Crippen LogP contribution in [-0.4, -0.2) is 4.98 Å². The monoisotopic (exact) mass is 255 g/mol. The molecule has 100 valence electrons. The molecule has 0 fully saturated rings. The second-order valence-electron chi connectivity index (χ2n) is 5.22. The summed E-state index contributed by atoms with van der Waals surface area (Å²) in [4.78, 5) is 4.04. The van der Waals surface area contributed by atoms with E-state index in [1.807, 2.05) is 12.1 Å². The van der Waals surface area contributed by atoms with E-state index >= 15 is 0 Å². The third-order valence-corrected chi connectivity index (χ3v) is 3.13. The lowest BCUT2D eigenvalue weighted by molar-refractivity contribution is 0.627. The van der Waals surface area contributed by atoms with E-state index in [0.717, 1.165) is 12.0 Å². The van der Waals surface area contributed by atoms with Crippen molar-refractivity contribution in [1.29, 1.82) is 0 Å². The molecule has 1 unspecified atom stereocenters. The van der Waals surface area contributed by atoms with Crippen LogP contribution in [0.15, 0.2) is 48.8 Å². The van der Waals surface area contributed by atoms with Gasteiger partial charge in [-0.05, 0) is 41.2 Å². The fraction of sp³-hybridized carbons (Fsp3) is 0.312. The van der Waals surface area contributed by atoms with Gasteiger partial charge in [0.2, 0.25) is 0 Å². The Labute approximate surface area is 114 Å². The van der Waals surface area contributed by atoms with Crippen LogP contribution in [0.3, 0.4) is 0 Å². The lowest BCUT2D eigenvalue weighted by Gasteiger charge is -2.18. The number of hydrazine groups is 1. The predicted octanol–water partition coefficient (Wildman–Crippen LogP) is 2.83. The van der Waals surface area contributed by atoms with Crippen molar-refractivity contribution >= 4 is 0 Å². The van der Waals surface area contributed by atoms with Gasteiger partial charge < -0.3 is 0 Å². The van der Waals surface area contributed by atoms with Gasteiger partial charge in [0.15, 0.2) is 0 Å². The molecule has 2 rings (SSSR count). The topological polar surface area (TPSA) is 50.9 Å². The van der Waals surface area contributed by atoms with Gasteiger partial charge in [-0.15, -0.1) is 0 Å². The van der Waals surface area contributed by atoms with Crippen LogP contribution < -0.4 is 11.3 Å². The highest BCUT2D eigenvalue weighted by molar-refractivity contribution is 5.33. The van der Waals surface area contributed by atoms with Crippen molar-refractivity contribution in [3.63, 3.8) is 0 Å². The SMILES string of the molecule is CC(C)Cc1cccc(C(NN)c2ccncc2)c1. The summed E-state index contributed by atoms with van der Waals surface area (Å²) in [6.07, 6.45) is 4.66. The van der Waals surface area contributed by atoms with Crippen molar-refractivity contribution in [2.24, 2.45) is 11.8 Å². The average molecular weight is 255 g/mol. The van der Waals surface area contributed by atoms with Gasteiger partial charge in [0.05, 0.1) is 6.04 Å². The standard InChI is InChI=1S/C16H21N3/c1-12(2)10-13-4-3-5-15(11-13)16(19-17)14-6-8-18-9-7-14/h3-9,11-12,16,19H,10,17H2,1-2H3. The van der Waals surface area contributed by atoms with Gasteiger partial charge in [-0.3, -0.25) is 10.8 Å². The summed E-state index contributed by atoms with van der Waals surface area (Å²) in [5, 5.41) is 0. The van der Waals surface area contributed by atoms with E-state index < -0.39 is 0 Å². The summed E-state index contributed by atoms with van der Waals surface area (Å²) >= 11 is 0. The fourth-order valence-corrected chi connectivity index (χ4v) is 2.31. The summed E-state index contributed by atoms with van der Waals surface area (Å²) in [7, 11) is 0. The maximum atomic E-state index is 5.72. The highest BCUT2D eigenvalue weighted by atomic mass is 15.2. The van der Waals surface area contributed by atoms with Crippen LogP contribution in [0.25, 0.3) is 0 Å². The molecule has 0 aliphatic heterocycles. The zero-order chi connectivity index (χ0) is 13.7. The molecule has 3 nitrogen and oxygen atoms in total. The van der Waals surface area contributed by atoms with Crippen LogP contribution in [0, 0.1) is 5.92 Å². The zero-order valence-electron chi connectivity index (χ0n) is 11.5. The van der Waals surface area contributed by atoms with E-state index in [1.165, 1.54) is 11.1 Å². The van der Waals surface area contributed by atoms with Gasteiger partial charge in [0.25, 0.3) is 0 Å². The first-order valence-corrected chi connectivity index (χ1v) is 6.65. The number of nitrogens with two attached hydrogens (primary N) is 1. The lowest BCUT2D eigenvalue weighted by atomic mass is 9.95. The Morgan fingerprint density at radius 3 is 2.47 bits per heavy atom. The van der Waals surface area contributed by atoms with E-state index in [0.29, 0.717) is 5.92 Å². The van der Waals surface area contributed by atoms with Crippen molar-refractivity contribution in [1.82, 2.24) is 10.4 Å². The minimum absolute atomic E-state index is 0.00936. The molecule has 1 aromatic heterocycles. The fourth-order valence-electron chi connectivity index (χ4n) is 2.31. The number of pyridine rings is 1. The Bertz CT molecular complexity index is 508. The van der Waals surface area contributed by atoms with Crippen LogP contribution >= 0.6 is 0 Å². The number of nitrogens with zero attached hydrogens (tertiary/aromatic N) is 1. The van der Waals surface area contributed by atoms with Gasteiger partial charge in [-0.25, -0.2) is 5.43 Å². The van der Waals surface area contributed by atoms with Crippen molar-refractivity contribution in [3.05, 3.63) is 65.5 Å². The largest absolute Gasteiger partial charge is 0.271 e. The first-order chi connectivity index (χ1) is 9.20. The number of hydrogen-bond acceptors (Lipinski definition) is 3. The lowest BCUT2D eigenvalue weighted by Crippen LogP contribution is -2.28. The molecular weight excluding hydrogens is 234 g/mol. The number of nitrogens with one attached hydrogen (secondary N) is 1. The first-order valence-electron chi connectivity index (χ1n) is 6.65. The van der Waals surface area contributed by atoms with Crippen LogP contribution in [0.5, 0.6) is 0 Å². The quantitative estimate of drug-likeness (QED) is 0.638. The summed E-state index contributed by atoms with van der Waals surface area (Å²) in [6, 6.07) is 12.6. The van der Waals surface area contributed by atoms with E-state index in [2.05, 4.69) is 48.5 Å². The molecule has 19 heavy (non-hydrogen) atoms. The minimum Gasteiger partial charge on any atom is -0.271 e. The van der Waals surface area contributed by atoms with E-state index in [9.17, 15) is 0 Å². The molecule has 3 heteroatoms. The highest BCUT2D eigenvalue weighted by Gasteiger charge is 2.12. The number of hydrogen-bond donors (Lipinski definition) is 2. The smallest absolute Gasteiger partial charge is 0.0711 e. The van der Waals surface area contributed by atoms with Gasteiger partial charge in [-0.1, -0.05) is 38.1 Å². The molecule has 0 aliphatic rings. The van der Waals surface area contributed by atoms with E-state index in [-0.39, 0.29) is 6.04 Å². The van der Waals surface area contributed by atoms with Gasteiger partial charge in [0.1, 0.15) is 0 Å². The Kier molecular flexibility index (Phi) is 4.66. The molecule has 2 aromatic rings. The molecule has 0 amide bonds. The van der Waals surface area contributed by atoms with E-state index in [1.54, 1.807) is 12.4 Å². The summed E-state index contributed by atoms with van der Waals surface area (Å²) in [6.45, 7) is 4.46. The predicted molar refractivity (Wildman–Crippen MR) is 78.4 cm³/mol. The van der Waals surface area contributed by atoms with Crippen LogP contribution in [0.2, 0.25) is 0 Å². The van der Waals surface area contributed by atoms with Gasteiger partial charge in [-0.2, -0.15) is 0 Å². The van der Waals surface area contributed by atoms with Crippen LogP contribution in [0.1, 0.15) is 36.6 Å². The normalized spacial score (nSPS) is 12.6. The maximum Gasteiger partial charge on any atom is 0.0711 e. The zero-order valence-corrected chi connectivity index (χ0v) is 11.5. The second-order valence-corrected chi connectivity index (χ2v) is 5.22. The second kappa shape index (κ2) is 6.45. The van der Waals surface area contributed by atoms with Crippen LogP contribution in [-0.2, 0) is 6.42 Å². The van der Waals surface area contributed by atoms with Crippen LogP contribution in [0.4, 0.5) is 0 Å². The molecule has 3 N–H and O–H groups in total. The molecule has 0 radical (unpaired) electrons. The number of benzene rings is 1. The summed E-state index contributed by atoms with van der Waals surface area (Å²) in [5.74, 6) is 6.37. The summed E-state index contributed by atoms with van der Waals surface area (Å²) in [5.41, 5.74) is 6.55. The molecular formula is C16H21N3. The van der Waals surface area contributed by atoms with Crippen molar-refractivity contribution in [2.45, 2.75) is 26.3 Å². The molecule has 0 saturated heterocycles. The van der Waals surface area contributed by atoms with Gasteiger partial charge >= 0.3 is 0 Å². The van der Waals surface area contributed by atoms with Gasteiger partial charge in [0, 0.05) is 12.4 Å². The summed E-state index contributed by atoms with van der Waals surface area (Å²) < 4.78 is 0. The number of aromatic nitrogens is 1. The Hall–Kier alpha value is -1.71. The molecule has 0 aliphatic carbocycles. The van der Waals surface area contributed by atoms with Crippen molar-refractivity contribution < 1.29 is 0 Å². The van der Waals surface area contributed by atoms with Crippen molar-refractivity contribution in [2.75, 3.05) is 0 Å². The Balaban J connectivity index is 2.28. The third kappa shape index (κ3) is 3.63. The molecule has 0 spiro atoms. The third-order valence-electron chi connectivity index (χ3n) is 3.13. The molecule has 1 atom stereocenters. The number of rotatable bonds is 5. The molecule has 0 bridgehead atoms. The van der Waals surface area contributed by atoms with Crippen molar-refractivity contribution in [3.8, 4) is 0 Å². The molecule has 1 aromatic carbocycles. The maximum absolute atomic E-state index is 5.72.